The normalized spacial score (nSPS) is 10.3. The van der Waals surface area contributed by atoms with Crippen molar-refractivity contribution in [1.82, 2.24) is 9.55 Å². The van der Waals surface area contributed by atoms with Crippen LogP contribution in [0.2, 0.25) is 0 Å². The van der Waals surface area contributed by atoms with Gasteiger partial charge in [-0.2, -0.15) is 0 Å². The fourth-order valence-electron chi connectivity index (χ4n) is 1.41. The van der Waals surface area contributed by atoms with E-state index in [1.165, 1.54) is 18.2 Å². The molecule has 0 atom stereocenters. The van der Waals surface area contributed by atoms with Gasteiger partial charge in [0.2, 0.25) is 0 Å². The van der Waals surface area contributed by atoms with Gasteiger partial charge in [-0.05, 0) is 18.2 Å². The average molecular weight is 204 g/mol. The second kappa shape index (κ2) is 3.65. The van der Waals surface area contributed by atoms with Crippen molar-refractivity contribution in [2.24, 2.45) is 7.05 Å². The van der Waals surface area contributed by atoms with Crippen LogP contribution in [-0.2, 0) is 7.05 Å². The largest absolute Gasteiger partial charge is 0.340 e. The minimum atomic E-state index is -0.374. The Balaban J connectivity index is 2.59. The minimum absolute atomic E-state index is 0.374. The van der Waals surface area contributed by atoms with Crippen molar-refractivity contribution in [3.63, 3.8) is 0 Å². The maximum Gasteiger partial charge on any atom is 0.150 e. The first-order valence-corrected chi connectivity index (χ1v) is 4.44. The molecule has 0 aliphatic carbocycles. The molecule has 15 heavy (non-hydrogen) atoms. The Labute approximate surface area is 86.2 Å². The lowest BCUT2D eigenvalue weighted by molar-refractivity contribution is 0.112. The number of aldehydes is 1. The number of halogens is 1. The van der Waals surface area contributed by atoms with E-state index >= 15 is 0 Å². The molecule has 2 rings (SSSR count). The molecule has 2 aromatic rings. The first-order valence-electron chi connectivity index (χ1n) is 4.44. The first-order chi connectivity index (χ1) is 7.20. The van der Waals surface area contributed by atoms with Crippen LogP contribution in [-0.4, -0.2) is 15.8 Å². The Morgan fingerprint density at radius 3 is 2.87 bits per heavy atom. The molecule has 0 saturated carbocycles. The van der Waals surface area contributed by atoms with Crippen LogP contribution in [0.3, 0.4) is 0 Å². The summed E-state index contributed by atoms with van der Waals surface area (Å²) in [5.74, 6) is -0.374. The van der Waals surface area contributed by atoms with Crippen LogP contribution in [0.1, 0.15) is 10.4 Å². The highest BCUT2D eigenvalue weighted by atomic mass is 19.1. The van der Waals surface area contributed by atoms with Gasteiger partial charge in [-0.1, -0.05) is 0 Å². The molecular weight excluding hydrogens is 195 g/mol. The van der Waals surface area contributed by atoms with Gasteiger partial charge in [0.1, 0.15) is 5.82 Å². The third-order valence-electron chi connectivity index (χ3n) is 2.12. The van der Waals surface area contributed by atoms with Gasteiger partial charge < -0.3 is 4.57 Å². The number of aryl methyl sites for hydroxylation is 1. The second-order valence-electron chi connectivity index (χ2n) is 3.27. The number of benzene rings is 1. The van der Waals surface area contributed by atoms with Crippen molar-refractivity contribution in [3.05, 3.63) is 42.1 Å². The first kappa shape index (κ1) is 9.58. The Bertz CT molecular complexity index is 505. The molecule has 0 fully saturated rings. The highest BCUT2D eigenvalue weighted by Gasteiger charge is 2.08. The molecule has 0 spiro atoms. The molecular formula is C11H9FN2O. The van der Waals surface area contributed by atoms with Gasteiger partial charge in [0.05, 0.1) is 12.0 Å². The Morgan fingerprint density at radius 1 is 1.47 bits per heavy atom. The second-order valence-corrected chi connectivity index (χ2v) is 3.27. The van der Waals surface area contributed by atoms with Crippen LogP contribution >= 0.6 is 0 Å². The van der Waals surface area contributed by atoms with Gasteiger partial charge in [0.15, 0.2) is 6.29 Å². The van der Waals surface area contributed by atoms with E-state index in [9.17, 15) is 9.18 Å². The van der Waals surface area contributed by atoms with Crippen molar-refractivity contribution >= 4 is 6.29 Å². The van der Waals surface area contributed by atoms with Crippen LogP contribution in [0.5, 0.6) is 0 Å². The van der Waals surface area contributed by atoms with Crippen LogP contribution in [0, 0.1) is 5.82 Å². The molecule has 1 aromatic heterocycles. The lowest BCUT2D eigenvalue weighted by Gasteiger charge is -2.00. The average Bonchev–Trinajstić information content (AvgIpc) is 2.65. The predicted octanol–water partition coefficient (Wildman–Crippen LogP) is 2.04. The summed E-state index contributed by atoms with van der Waals surface area (Å²) < 4.78 is 14.8. The molecule has 0 saturated heterocycles. The quantitative estimate of drug-likeness (QED) is 0.701. The van der Waals surface area contributed by atoms with Crippen molar-refractivity contribution in [1.29, 1.82) is 0 Å². The Kier molecular flexibility index (Phi) is 2.33. The standard InChI is InChI=1S/C11H9FN2O/c1-14-5-11(13-7-14)10-4-9(12)3-2-8(10)6-15/h2-7H,1H3. The zero-order valence-electron chi connectivity index (χ0n) is 8.14. The van der Waals surface area contributed by atoms with Crippen molar-refractivity contribution in [2.45, 2.75) is 0 Å². The summed E-state index contributed by atoms with van der Waals surface area (Å²) in [6, 6.07) is 4.02. The Morgan fingerprint density at radius 2 is 2.27 bits per heavy atom. The Hall–Kier alpha value is -1.97. The van der Waals surface area contributed by atoms with Gasteiger partial charge in [-0.15, -0.1) is 0 Å². The summed E-state index contributed by atoms with van der Waals surface area (Å²) in [5, 5.41) is 0. The van der Waals surface area contributed by atoms with Gasteiger partial charge in [-0.3, -0.25) is 4.79 Å². The number of hydrogen-bond acceptors (Lipinski definition) is 2. The van der Waals surface area contributed by atoms with Crippen LogP contribution in [0.4, 0.5) is 4.39 Å². The monoisotopic (exact) mass is 204 g/mol. The third-order valence-corrected chi connectivity index (χ3v) is 2.12. The molecule has 0 bridgehead atoms. The molecule has 0 N–H and O–H groups in total. The van der Waals surface area contributed by atoms with Crippen LogP contribution < -0.4 is 0 Å². The zero-order valence-corrected chi connectivity index (χ0v) is 8.14. The number of aromatic nitrogens is 2. The van der Waals surface area contributed by atoms with E-state index in [-0.39, 0.29) is 5.82 Å². The van der Waals surface area contributed by atoms with E-state index in [4.69, 9.17) is 0 Å². The fraction of sp³-hybridized carbons (Fsp3) is 0.0909. The van der Waals surface area contributed by atoms with Gasteiger partial charge in [0.25, 0.3) is 0 Å². The number of imidazole rings is 1. The summed E-state index contributed by atoms with van der Waals surface area (Å²) in [4.78, 5) is 14.8. The summed E-state index contributed by atoms with van der Waals surface area (Å²) in [6.45, 7) is 0. The molecule has 1 aromatic carbocycles. The molecule has 76 valence electrons. The topological polar surface area (TPSA) is 34.9 Å². The van der Waals surface area contributed by atoms with Crippen LogP contribution in [0.25, 0.3) is 11.3 Å². The van der Waals surface area contributed by atoms with Gasteiger partial charge >= 0.3 is 0 Å². The van der Waals surface area contributed by atoms with E-state index in [1.54, 1.807) is 17.1 Å². The number of rotatable bonds is 2. The summed E-state index contributed by atoms with van der Waals surface area (Å²) in [7, 11) is 1.82. The lowest BCUT2D eigenvalue weighted by atomic mass is 10.1. The number of carbonyl (C=O) groups excluding carboxylic acids is 1. The molecule has 1 heterocycles. The predicted molar refractivity (Wildman–Crippen MR) is 54.0 cm³/mol. The van der Waals surface area contributed by atoms with Crippen molar-refractivity contribution in [3.8, 4) is 11.3 Å². The van der Waals surface area contributed by atoms with Crippen LogP contribution in [0.15, 0.2) is 30.7 Å². The van der Waals surface area contributed by atoms with Gasteiger partial charge in [-0.25, -0.2) is 9.37 Å². The summed E-state index contributed by atoms with van der Waals surface area (Å²) >= 11 is 0. The number of hydrogen-bond donors (Lipinski definition) is 0. The molecule has 0 radical (unpaired) electrons. The smallest absolute Gasteiger partial charge is 0.150 e. The van der Waals surface area contributed by atoms with E-state index in [2.05, 4.69) is 4.98 Å². The van der Waals surface area contributed by atoms with Crippen molar-refractivity contribution < 1.29 is 9.18 Å². The molecule has 0 aliphatic heterocycles. The zero-order chi connectivity index (χ0) is 10.8. The summed E-state index contributed by atoms with van der Waals surface area (Å²) in [6.07, 6.45) is 4.04. The van der Waals surface area contributed by atoms with Crippen molar-refractivity contribution in [2.75, 3.05) is 0 Å². The maximum atomic E-state index is 13.0. The highest BCUT2D eigenvalue weighted by Crippen LogP contribution is 2.21. The fourth-order valence-corrected chi connectivity index (χ4v) is 1.41. The van der Waals surface area contributed by atoms with E-state index in [0.29, 0.717) is 23.1 Å². The summed E-state index contributed by atoms with van der Waals surface area (Å²) in [5.41, 5.74) is 1.56. The molecule has 0 amide bonds. The molecule has 0 unspecified atom stereocenters. The minimum Gasteiger partial charge on any atom is -0.340 e. The molecule has 3 nitrogen and oxygen atoms in total. The SMILES string of the molecule is Cn1cnc(-c2cc(F)ccc2C=O)c1. The maximum absolute atomic E-state index is 13.0. The van der Waals surface area contributed by atoms with E-state index in [1.807, 2.05) is 7.05 Å². The van der Waals surface area contributed by atoms with E-state index < -0.39 is 0 Å². The molecule has 4 heteroatoms. The number of nitrogens with zero attached hydrogens (tertiary/aromatic N) is 2. The number of carbonyl (C=O) groups is 1. The third kappa shape index (κ3) is 1.79. The molecule has 0 aliphatic rings. The van der Waals surface area contributed by atoms with E-state index in [0.717, 1.165) is 0 Å². The highest BCUT2D eigenvalue weighted by molar-refractivity contribution is 5.86. The lowest BCUT2D eigenvalue weighted by Crippen LogP contribution is -1.89. The van der Waals surface area contributed by atoms with Gasteiger partial charge in [0, 0.05) is 24.4 Å².